The Hall–Kier alpha value is -2.93. The average Bonchev–Trinajstić information content (AvgIpc) is 3.23. The number of carboxylic acid groups (broad SMARTS) is 1. The average molecular weight is 485 g/mol. The monoisotopic (exact) mass is 484 g/mol. The summed E-state index contributed by atoms with van der Waals surface area (Å²) in [7, 11) is 1.58. The number of methoxy groups -OCH3 is 1. The summed E-state index contributed by atoms with van der Waals surface area (Å²) in [6.45, 7) is 6.09. The Bertz CT molecular complexity index is 973. The molecule has 1 aliphatic rings. The third-order valence-electron chi connectivity index (χ3n) is 6.87. The van der Waals surface area contributed by atoms with Gasteiger partial charge in [0.2, 0.25) is 5.91 Å². The molecule has 35 heavy (non-hydrogen) atoms. The molecule has 0 unspecified atom stereocenters. The van der Waals surface area contributed by atoms with Crippen LogP contribution in [0, 0.1) is 11.7 Å². The quantitative estimate of drug-likeness (QED) is 0.454. The van der Waals surface area contributed by atoms with Crippen LogP contribution in [-0.2, 0) is 9.59 Å². The number of aliphatic carboxylic acids is 1. The van der Waals surface area contributed by atoms with E-state index in [1.165, 1.54) is 12.1 Å². The number of carbonyl (C=O) groups excluding carboxylic acids is 1. The molecule has 1 N–H and O–H groups in total. The summed E-state index contributed by atoms with van der Waals surface area (Å²) in [6.07, 6.45) is 3.86. The first-order chi connectivity index (χ1) is 16.9. The van der Waals surface area contributed by atoms with Gasteiger partial charge >= 0.3 is 5.97 Å². The normalized spacial score (nSPS) is 20.1. The number of unbranched alkanes of at least 4 members (excludes halogenated alkanes) is 2. The van der Waals surface area contributed by atoms with Crippen molar-refractivity contribution in [3.8, 4) is 5.75 Å². The Kier molecular flexibility index (Phi) is 9.66. The van der Waals surface area contributed by atoms with Crippen LogP contribution in [0.15, 0.2) is 48.5 Å². The predicted molar refractivity (Wildman–Crippen MR) is 134 cm³/mol. The largest absolute Gasteiger partial charge is 0.497 e. The number of amides is 1. The second kappa shape index (κ2) is 12.7. The number of nitrogens with zero attached hydrogens (tertiary/aromatic N) is 2. The first kappa shape index (κ1) is 26.7. The van der Waals surface area contributed by atoms with Crippen molar-refractivity contribution in [1.82, 2.24) is 9.80 Å². The fourth-order valence-corrected chi connectivity index (χ4v) is 5.00. The minimum absolute atomic E-state index is 0.00874. The number of carboxylic acids is 1. The third-order valence-corrected chi connectivity index (χ3v) is 6.87. The minimum atomic E-state index is -0.955. The zero-order chi connectivity index (χ0) is 25.4. The second-order valence-electron chi connectivity index (χ2n) is 9.26. The zero-order valence-corrected chi connectivity index (χ0v) is 21.0. The van der Waals surface area contributed by atoms with Crippen LogP contribution in [0.5, 0.6) is 5.75 Å². The highest BCUT2D eigenvalue weighted by Gasteiger charge is 2.48. The van der Waals surface area contributed by atoms with Gasteiger partial charge in [0.15, 0.2) is 0 Å². The van der Waals surface area contributed by atoms with Gasteiger partial charge in [0.25, 0.3) is 0 Å². The molecule has 1 amide bonds. The number of benzene rings is 2. The highest BCUT2D eigenvalue weighted by molar-refractivity contribution is 5.79. The first-order valence-electron chi connectivity index (χ1n) is 12.5. The standard InChI is InChI=1S/C28H37FN2O4/c1-4-6-15-30(16-7-5-2)25(32)19-31-18-24(21-9-8-10-22(29)17-21)26(28(33)34)27(31)20-11-13-23(35-3)14-12-20/h8-14,17,24,26-27H,4-7,15-16,18-19H2,1-3H3,(H,33,34)/t24-,26-,27+/m1/s1. The van der Waals surface area contributed by atoms with Crippen LogP contribution in [0.1, 0.15) is 62.6 Å². The number of rotatable bonds is 12. The van der Waals surface area contributed by atoms with Crippen LogP contribution >= 0.6 is 0 Å². The molecule has 2 aromatic rings. The molecule has 3 rings (SSSR count). The summed E-state index contributed by atoms with van der Waals surface area (Å²) >= 11 is 0. The fourth-order valence-electron chi connectivity index (χ4n) is 5.00. The summed E-state index contributed by atoms with van der Waals surface area (Å²) in [5.41, 5.74) is 1.44. The van der Waals surface area contributed by atoms with Gasteiger partial charge in [0, 0.05) is 31.6 Å². The zero-order valence-electron chi connectivity index (χ0n) is 21.0. The van der Waals surface area contributed by atoms with Crippen molar-refractivity contribution in [2.75, 3.05) is 33.3 Å². The van der Waals surface area contributed by atoms with Gasteiger partial charge in [0.05, 0.1) is 19.6 Å². The molecule has 2 aromatic carbocycles. The van der Waals surface area contributed by atoms with Crippen molar-refractivity contribution < 1.29 is 23.8 Å². The molecule has 0 spiro atoms. The van der Waals surface area contributed by atoms with E-state index in [-0.39, 0.29) is 12.5 Å². The van der Waals surface area contributed by atoms with Gasteiger partial charge in [-0.3, -0.25) is 14.5 Å². The van der Waals surface area contributed by atoms with Gasteiger partial charge in [-0.15, -0.1) is 0 Å². The molecule has 1 aliphatic heterocycles. The lowest BCUT2D eigenvalue weighted by Gasteiger charge is -2.30. The van der Waals surface area contributed by atoms with Crippen LogP contribution in [0.3, 0.4) is 0 Å². The second-order valence-corrected chi connectivity index (χ2v) is 9.26. The Morgan fingerprint density at radius 2 is 1.71 bits per heavy atom. The number of hydrogen-bond donors (Lipinski definition) is 1. The smallest absolute Gasteiger partial charge is 0.309 e. The minimum Gasteiger partial charge on any atom is -0.497 e. The molecule has 0 bridgehead atoms. The maximum atomic E-state index is 14.1. The molecule has 1 fully saturated rings. The molecule has 0 aromatic heterocycles. The summed E-state index contributed by atoms with van der Waals surface area (Å²) in [6, 6.07) is 13.0. The molecule has 190 valence electrons. The van der Waals surface area contributed by atoms with E-state index in [0.29, 0.717) is 30.9 Å². The van der Waals surface area contributed by atoms with Gasteiger partial charge in [0.1, 0.15) is 11.6 Å². The van der Waals surface area contributed by atoms with E-state index in [1.807, 2.05) is 21.9 Å². The number of hydrogen-bond acceptors (Lipinski definition) is 4. The summed E-state index contributed by atoms with van der Waals surface area (Å²) < 4.78 is 19.3. The Balaban J connectivity index is 1.96. The lowest BCUT2D eigenvalue weighted by molar-refractivity contribution is -0.144. The molecule has 6 nitrogen and oxygen atoms in total. The van der Waals surface area contributed by atoms with Gasteiger partial charge in [-0.25, -0.2) is 4.39 Å². The highest BCUT2D eigenvalue weighted by Crippen LogP contribution is 2.46. The number of halogens is 1. The van der Waals surface area contributed by atoms with E-state index in [9.17, 15) is 19.1 Å². The van der Waals surface area contributed by atoms with E-state index in [0.717, 1.165) is 31.2 Å². The predicted octanol–water partition coefficient (Wildman–Crippen LogP) is 5.10. The maximum Gasteiger partial charge on any atom is 0.309 e. The molecule has 3 atom stereocenters. The first-order valence-corrected chi connectivity index (χ1v) is 12.5. The molecule has 0 saturated carbocycles. The number of carbonyl (C=O) groups is 2. The molecule has 7 heteroatoms. The van der Waals surface area contributed by atoms with Gasteiger partial charge < -0.3 is 14.7 Å². The topological polar surface area (TPSA) is 70.1 Å². The molecule has 1 heterocycles. The van der Waals surface area contributed by atoms with Crippen molar-refractivity contribution in [2.24, 2.45) is 5.92 Å². The maximum absolute atomic E-state index is 14.1. The van der Waals surface area contributed by atoms with Crippen LogP contribution in [-0.4, -0.2) is 60.1 Å². The van der Waals surface area contributed by atoms with Crippen LogP contribution in [0.4, 0.5) is 4.39 Å². The number of likely N-dealkylation sites (tertiary alicyclic amines) is 1. The van der Waals surface area contributed by atoms with Crippen LogP contribution < -0.4 is 4.74 Å². The Morgan fingerprint density at radius 1 is 1.06 bits per heavy atom. The lowest BCUT2D eigenvalue weighted by atomic mass is 9.83. The van der Waals surface area contributed by atoms with Crippen molar-refractivity contribution in [2.45, 2.75) is 51.5 Å². The SMILES string of the molecule is CCCCN(CCCC)C(=O)CN1C[C@H](c2cccc(F)c2)[C@@H](C(=O)O)[C@@H]1c1ccc(OC)cc1. The van der Waals surface area contributed by atoms with Crippen LogP contribution in [0.25, 0.3) is 0 Å². The summed E-state index contributed by atoms with van der Waals surface area (Å²) in [5, 5.41) is 10.3. The van der Waals surface area contributed by atoms with Gasteiger partial charge in [-0.2, -0.15) is 0 Å². The van der Waals surface area contributed by atoms with Crippen molar-refractivity contribution in [3.05, 3.63) is 65.5 Å². The lowest BCUT2D eigenvalue weighted by Crippen LogP contribution is -2.42. The molecule has 0 radical (unpaired) electrons. The van der Waals surface area contributed by atoms with Crippen molar-refractivity contribution in [3.63, 3.8) is 0 Å². The van der Waals surface area contributed by atoms with E-state index in [1.54, 1.807) is 31.4 Å². The number of ether oxygens (including phenoxy) is 1. The Labute approximate surface area is 207 Å². The van der Waals surface area contributed by atoms with Crippen LogP contribution in [0.2, 0.25) is 0 Å². The van der Waals surface area contributed by atoms with Crippen molar-refractivity contribution >= 4 is 11.9 Å². The third kappa shape index (κ3) is 6.60. The molecular weight excluding hydrogens is 447 g/mol. The molecule has 1 saturated heterocycles. The molecular formula is C28H37FN2O4. The van der Waals surface area contributed by atoms with E-state index in [4.69, 9.17) is 4.74 Å². The molecule has 0 aliphatic carbocycles. The Morgan fingerprint density at radius 3 is 2.26 bits per heavy atom. The van der Waals surface area contributed by atoms with E-state index in [2.05, 4.69) is 13.8 Å². The summed E-state index contributed by atoms with van der Waals surface area (Å²) in [4.78, 5) is 29.9. The van der Waals surface area contributed by atoms with E-state index >= 15 is 0 Å². The van der Waals surface area contributed by atoms with E-state index < -0.39 is 29.7 Å². The summed E-state index contributed by atoms with van der Waals surface area (Å²) in [5.74, 6) is -1.93. The van der Waals surface area contributed by atoms with Crippen molar-refractivity contribution in [1.29, 1.82) is 0 Å². The van der Waals surface area contributed by atoms with Gasteiger partial charge in [-0.05, 0) is 48.2 Å². The van der Waals surface area contributed by atoms with Gasteiger partial charge in [-0.1, -0.05) is 51.0 Å². The highest BCUT2D eigenvalue weighted by atomic mass is 19.1. The fraction of sp³-hybridized carbons (Fsp3) is 0.500.